The van der Waals surface area contributed by atoms with E-state index in [0.29, 0.717) is 6.04 Å². The maximum Gasteiger partial charge on any atom is 0.191 e. The monoisotopic (exact) mass is 280 g/mol. The summed E-state index contributed by atoms with van der Waals surface area (Å²) in [6, 6.07) is 0.662. The fourth-order valence-electron chi connectivity index (χ4n) is 3.38. The van der Waals surface area contributed by atoms with Gasteiger partial charge in [0.25, 0.3) is 0 Å². The Bertz CT molecular complexity index is 314. The number of nitrogens with two attached hydrogens (primary N) is 1. The van der Waals surface area contributed by atoms with Crippen molar-refractivity contribution in [2.24, 2.45) is 22.6 Å². The van der Waals surface area contributed by atoms with Crippen LogP contribution in [0.25, 0.3) is 0 Å². The van der Waals surface area contributed by atoms with Gasteiger partial charge in [0.2, 0.25) is 0 Å². The molecule has 116 valence electrons. The van der Waals surface area contributed by atoms with Crippen LogP contribution in [0, 0.1) is 11.8 Å². The van der Waals surface area contributed by atoms with Crippen molar-refractivity contribution in [2.45, 2.75) is 52.0 Å². The molecule has 1 aliphatic heterocycles. The molecule has 1 saturated heterocycles. The van der Waals surface area contributed by atoms with Crippen molar-refractivity contribution < 1.29 is 0 Å². The quantitative estimate of drug-likeness (QED) is 0.461. The molecule has 0 bridgehead atoms. The van der Waals surface area contributed by atoms with Crippen molar-refractivity contribution in [1.29, 1.82) is 0 Å². The second-order valence-corrected chi connectivity index (χ2v) is 6.99. The number of rotatable bonds is 6. The lowest BCUT2D eigenvalue weighted by Crippen LogP contribution is -2.39. The summed E-state index contributed by atoms with van der Waals surface area (Å²) in [7, 11) is 2.06. The Labute approximate surface area is 124 Å². The normalized spacial score (nSPS) is 28.6. The molecule has 4 heteroatoms. The van der Waals surface area contributed by atoms with Crippen molar-refractivity contribution in [3.63, 3.8) is 0 Å². The van der Waals surface area contributed by atoms with E-state index in [-0.39, 0.29) is 0 Å². The predicted octanol–water partition coefficient (Wildman–Crippen LogP) is 2.15. The van der Waals surface area contributed by atoms with Gasteiger partial charge in [0.1, 0.15) is 0 Å². The van der Waals surface area contributed by atoms with Gasteiger partial charge in [-0.3, -0.25) is 4.99 Å². The first kappa shape index (κ1) is 15.6. The Morgan fingerprint density at radius 3 is 2.45 bits per heavy atom. The van der Waals surface area contributed by atoms with Crippen LogP contribution in [-0.2, 0) is 0 Å². The Kier molecular flexibility index (Phi) is 5.70. The first-order valence-corrected chi connectivity index (χ1v) is 8.31. The van der Waals surface area contributed by atoms with E-state index >= 15 is 0 Å². The summed E-state index contributed by atoms with van der Waals surface area (Å²) >= 11 is 0. The molecule has 0 aromatic rings. The smallest absolute Gasteiger partial charge is 0.191 e. The van der Waals surface area contributed by atoms with Crippen LogP contribution < -0.4 is 5.73 Å². The van der Waals surface area contributed by atoms with Gasteiger partial charge >= 0.3 is 0 Å². The van der Waals surface area contributed by atoms with Crippen LogP contribution in [-0.4, -0.2) is 55.0 Å². The molecule has 0 aromatic carbocycles. The van der Waals surface area contributed by atoms with Gasteiger partial charge in [-0.25, -0.2) is 0 Å². The summed E-state index contributed by atoms with van der Waals surface area (Å²) in [4.78, 5) is 9.26. The minimum Gasteiger partial charge on any atom is -0.370 e. The third-order valence-electron chi connectivity index (χ3n) is 4.56. The van der Waals surface area contributed by atoms with Crippen LogP contribution in [0.3, 0.4) is 0 Å². The van der Waals surface area contributed by atoms with Crippen LogP contribution >= 0.6 is 0 Å². The van der Waals surface area contributed by atoms with E-state index < -0.39 is 0 Å². The van der Waals surface area contributed by atoms with Crippen LogP contribution in [0.4, 0.5) is 0 Å². The average molecular weight is 280 g/mol. The first-order chi connectivity index (χ1) is 9.56. The topological polar surface area (TPSA) is 44.9 Å². The van der Waals surface area contributed by atoms with Gasteiger partial charge in [0.05, 0.1) is 0 Å². The van der Waals surface area contributed by atoms with E-state index in [4.69, 9.17) is 5.73 Å². The van der Waals surface area contributed by atoms with Gasteiger partial charge in [-0.1, -0.05) is 13.8 Å². The van der Waals surface area contributed by atoms with Gasteiger partial charge < -0.3 is 15.5 Å². The lowest BCUT2D eigenvalue weighted by Gasteiger charge is -2.34. The molecular weight excluding hydrogens is 248 g/mol. The molecule has 20 heavy (non-hydrogen) atoms. The van der Waals surface area contributed by atoms with E-state index in [0.717, 1.165) is 30.8 Å². The zero-order valence-electron chi connectivity index (χ0n) is 13.5. The molecule has 2 fully saturated rings. The molecule has 2 rings (SSSR count). The largest absolute Gasteiger partial charge is 0.370 e. The molecule has 2 unspecified atom stereocenters. The molecule has 2 aliphatic rings. The molecule has 0 aromatic heterocycles. The van der Waals surface area contributed by atoms with Crippen molar-refractivity contribution in [2.75, 3.05) is 33.2 Å². The minimum atomic E-state index is 0.662. The molecule has 1 aliphatic carbocycles. The zero-order valence-corrected chi connectivity index (χ0v) is 13.5. The molecule has 0 spiro atoms. The van der Waals surface area contributed by atoms with Gasteiger partial charge in [-0.2, -0.15) is 0 Å². The third-order valence-corrected chi connectivity index (χ3v) is 4.56. The SMILES string of the molecule is CC1CC(C)CN(CCCCN=C(N)N(C)C2CC2)C1. The fourth-order valence-corrected chi connectivity index (χ4v) is 3.38. The lowest BCUT2D eigenvalue weighted by molar-refractivity contribution is 0.139. The van der Waals surface area contributed by atoms with Crippen LogP contribution in [0.15, 0.2) is 4.99 Å². The maximum atomic E-state index is 5.99. The third kappa shape index (κ3) is 4.97. The maximum absolute atomic E-state index is 5.99. The molecule has 0 radical (unpaired) electrons. The van der Waals surface area contributed by atoms with Crippen LogP contribution in [0.2, 0.25) is 0 Å². The number of unbranched alkanes of at least 4 members (excludes halogenated alkanes) is 1. The molecule has 2 atom stereocenters. The second-order valence-electron chi connectivity index (χ2n) is 6.99. The van der Waals surface area contributed by atoms with E-state index in [1.807, 2.05) is 0 Å². The lowest BCUT2D eigenvalue weighted by atomic mass is 9.92. The van der Waals surface area contributed by atoms with Crippen molar-refractivity contribution in [1.82, 2.24) is 9.80 Å². The summed E-state index contributed by atoms with van der Waals surface area (Å²) in [5.41, 5.74) is 5.99. The number of guanidine groups is 1. The standard InChI is InChI=1S/C16H32N4/c1-13-10-14(2)12-20(11-13)9-5-4-8-18-16(17)19(3)15-6-7-15/h13-15H,4-12H2,1-3H3,(H2,17,18). The van der Waals surface area contributed by atoms with Gasteiger partial charge in [0.15, 0.2) is 5.96 Å². The summed E-state index contributed by atoms with van der Waals surface area (Å²) in [5, 5.41) is 0. The van der Waals surface area contributed by atoms with Crippen molar-refractivity contribution in [3.05, 3.63) is 0 Å². The summed E-state index contributed by atoms with van der Waals surface area (Å²) in [6.45, 7) is 9.41. The number of likely N-dealkylation sites (tertiary alicyclic amines) is 1. The highest BCUT2D eigenvalue weighted by Crippen LogP contribution is 2.25. The second kappa shape index (κ2) is 7.30. The van der Waals surface area contributed by atoms with Crippen LogP contribution in [0.5, 0.6) is 0 Å². The van der Waals surface area contributed by atoms with Gasteiger partial charge in [0, 0.05) is 32.7 Å². The summed E-state index contributed by atoms with van der Waals surface area (Å²) in [5.74, 6) is 2.45. The summed E-state index contributed by atoms with van der Waals surface area (Å²) in [6.07, 6.45) is 6.34. The minimum absolute atomic E-state index is 0.662. The number of piperidine rings is 1. The Balaban J connectivity index is 1.58. The molecule has 1 saturated carbocycles. The van der Waals surface area contributed by atoms with Gasteiger partial charge in [-0.05, 0) is 50.5 Å². The van der Waals surface area contributed by atoms with Crippen molar-refractivity contribution >= 4 is 5.96 Å². The van der Waals surface area contributed by atoms with E-state index in [1.54, 1.807) is 0 Å². The highest BCUT2D eigenvalue weighted by atomic mass is 15.3. The molecule has 0 amide bonds. The molecular formula is C16H32N4. The molecule has 4 nitrogen and oxygen atoms in total. The number of hydrogen-bond acceptors (Lipinski definition) is 2. The fraction of sp³-hybridized carbons (Fsp3) is 0.938. The van der Waals surface area contributed by atoms with Gasteiger partial charge in [-0.15, -0.1) is 0 Å². The molecule has 2 N–H and O–H groups in total. The predicted molar refractivity (Wildman–Crippen MR) is 85.9 cm³/mol. The van der Waals surface area contributed by atoms with Crippen LogP contribution in [0.1, 0.15) is 46.0 Å². The number of hydrogen-bond donors (Lipinski definition) is 1. The number of nitrogens with zero attached hydrogens (tertiary/aromatic N) is 3. The highest BCUT2D eigenvalue weighted by Gasteiger charge is 2.27. The number of aliphatic imine (C=N–C) groups is 1. The Morgan fingerprint density at radius 1 is 1.20 bits per heavy atom. The first-order valence-electron chi connectivity index (χ1n) is 8.31. The van der Waals surface area contributed by atoms with E-state index in [9.17, 15) is 0 Å². The Hall–Kier alpha value is -0.770. The summed E-state index contributed by atoms with van der Waals surface area (Å²) < 4.78 is 0. The van der Waals surface area contributed by atoms with E-state index in [2.05, 4.69) is 35.7 Å². The van der Waals surface area contributed by atoms with E-state index in [1.165, 1.54) is 45.3 Å². The highest BCUT2D eigenvalue weighted by molar-refractivity contribution is 5.78. The Morgan fingerprint density at radius 2 is 1.85 bits per heavy atom. The van der Waals surface area contributed by atoms with Crippen molar-refractivity contribution in [3.8, 4) is 0 Å². The average Bonchev–Trinajstić information content (AvgIpc) is 3.20. The molecule has 1 heterocycles. The zero-order chi connectivity index (χ0) is 14.5.